The second kappa shape index (κ2) is 5.49. The van der Waals surface area contributed by atoms with E-state index in [9.17, 15) is 9.90 Å². The largest absolute Gasteiger partial charge is 0.476 e. The minimum atomic E-state index is -1.09. The fraction of sp³-hybridized carbons (Fsp3) is 0.231. The number of aromatic carboxylic acids is 1. The average molecular weight is 303 g/mol. The first kappa shape index (κ1) is 13.5. The highest BCUT2D eigenvalue weighted by molar-refractivity contribution is 7.07. The van der Waals surface area contributed by atoms with Gasteiger partial charge in [-0.05, 0) is 28.8 Å². The number of carbonyl (C=O) groups is 1. The molecule has 21 heavy (non-hydrogen) atoms. The van der Waals surface area contributed by atoms with E-state index in [4.69, 9.17) is 0 Å². The monoisotopic (exact) mass is 303 g/mol. The van der Waals surface area contributed by atoms with Crippen LogP contribution in [0, 0.1) is 0 Å². The molecule has 1 N–H and O–H groups in total. The van der Waals surface area contributed by atoms with Crippen molar-refractivity contribution in [1.82, 2.24) is 24.5 Å². The van der Waals surface area contributed by atoms with Gasteiger partial charge in [0.2, 0.25) is 0 Å². The van der Waals surface area contributed by atoms with Crippen molar-refractivity contribution >= 4 is 17.3 Å². The molecular weight excluding hydrogens is 290 g/mol. The Balaban J connectivity index is 1.97. The Kier molecular flexibility index (Phi) is 3.53. The molecule has 0 aromatic carbocycles. The van der Waals surface area contributed by atoms with Crippen LogP contribution in [0.4, 0.5) is 0 Å². The molecule has 0 spiro atoms. The zero-order valence-corrected chi connectivity index (χ0v) is 12.1. The van der Waals surface area contributed by atoms with Crippen LogP contribution in [0.15, 0.2) is 29.4 Å². The predicted molar refractivity (Wildman–Crippen MR) is 77.2 cm³/mol. The summed E-state index contributed by atoms with van der Waals surface area (Å²) < 4.78 is 3.38. The number of aryl methyl sites for hydroxylation is 3. The summed E-state index contributed by atoms with van der Waals surface area (Å²) in [4.78, 5) is 15.4. The molecule has 8 heteroatoms. The number of rotatable bonds is 5. The molecule has 0 amide bonds. The van der Waals surface area contributed by atoms with Gasteiger partial charge in [-0.1, -0.05) is 5.21 Å². The van der Waals surface area contributed by atoms with Gasteiger partial charge in [-0.3, -0.25) is 0 Å². The zero-order chi connectivity index (χ0) is 14.8. The highest BCUT2D eigenvalue weighted by Gasteiger charge is 2.22. The standard InChI is InChI=1S/C13H13N5O2S/c1-17-8-14-6-10(17)12-11(13(19)20)15-16-18(12)4-2-9-3-5-21-7-9/h3,5-8H,2,4H2,1H3,(H,19,20). The van der Waals surface area contributed by atoms with Crippen LogP contribution in [-0.4, -0.2) is 35.6 Å². The van der Waals surface area contributed by atoms with Crippen molar-refractivity contribution in [3.05, 3.63) is 40.6 Å². The number of carboxylic acids is 1. The number of carboxylic acid groups (broad SMARTS) is 1. The van der Waals surface area contributed by atoms with Crippen LogP contribution in [0.1, 0.15) is 16.1 Å². The summed E-state index contributed by atoms with van der Waals surface area (Å²) in [6, 6.07) is 2.05. The molecule has 3 aromatic rings. The summed E-state index contributed by atoms with van der Waals surface area (Å²) >= 11 is 1.64. The summed E-state index contributed by atoms with van der Waals surface area (Å²) in [5, 5.41) is 21.1. The van der Waals surface area contributed by atoms with Gasteiger partial charge in [0.05, 0.1) is 18.2 Å². The van der Waals surface area contributed by atoms with Crippen molar-refractivity contribution in [3.63, 3.8) is 0 Å². The SMILES string of the molecule is Cn1cncc1-c1c(C(=O)O)nnn1CCc1ccsc1. The predicted octanol–water partition coefficient (Wildman–Crippen LogP) is 1.68. The molecule has 0 unspecified atom stereocenters. The van der Waals surface area contributed by atoms with Crippen LogP contribution in [0.25, 0.3) is 11.4 Å². The zero-order valence-electron chi connectivity index (χ0n) is 11.3. The van der Waals surface area contributed by atoms with Gasteiger partial charge in [-0.2, -0.15) is 11.3 Å². The molecular formula is C13H13N5O2S. The lowest BCUT2D eigenvalue weighted by atomic mass is 10.2. The maximum atomic E-state index is 11.3. The van der Waals surface area contributed by atoms with E-state index in [1.807, 2.05) is 18.5 Å². The molecule has 0 aliphatic carbocycles. The Hall–Kier alpha value is -2.48. The number of aromatic nitrogens is 5. The van der Waals surface area contributed by atoms with Gasteiger partial charge in [0.25, 0.3) is 0 Å². The summed E-state index contributed by atoms with van der Waals surface area (Å²) in [7, 11) is 1.81. The highest BCUT2D eigenvalue weighted by atomic mass is 32.1. The van der Waals surface area contributed by atoms with Crippen LogP contribution in [0.5, 0.6) is 0 Å². The van der Waals surface area contributed by atoms with Gasteiger partial charge in [0.1, 0.15) is 5.69 Å². The van der Waals surface area contributed by atoms with Crippen molar-refractivity contribution < 1.29 is 9.90 Å². The third-order valence-electron chi connectivity index (χ3n) is 3.19. The van der Waals surface area contributed by atoms with E-state index in [2.05, 4.69) is 20.7 Å². The quantitative estimate of drug-likeness (QED) is 0.775. The fourth-order valence-corrected chi connectivity index (χ4v) is 2.83. The topological polar surface area (TPSA) is 85.8 Å². The van der Waals surface area contributed by atoms with Crippen molar-refractivity contribution in [2.24, 2.45) is 7.05 Å². The Morgan fingerprint density at radius 2 is 2.33 bits per heavy atom. The lowest BCUT2D eigenvalue weighted by Crippen LogP contribution is -2.08. The Bertz CT molecular complexity index is 759. The van der Waals surface area contributed by atoms with Gasteiger partial charge in [-0.25, -0.2) is 14.5 Å². The molecule has 3 rings (SSSR count). The first-order valence-corrected chi connectivity index (χ1v) is 7.25. The summed E-state index contributed by atoms with van der Waals surface area (Å²) in [5.74, 6) is -1.09. The number of imidazole rings is 1. The molecule has 0 bridgehead atoms. The third-order valence-corrected chi connectivity index (χ3v) is 3.92. The lowest BCUT2D eigenvalue weighted by Gasteiger charge is -2.07. The summed E-state index contributed by atoms with van der Waals surface area (Å²) in [5.41, 5.74) is 2.31. The molecule has 0 aliphatic heterocycles. The van der Waals surface area contributed by atoms with Crippen LogP contribution < -0.4 is 0 Å². The van der Waals surface area contributed by atoms with Crippen LogP contribution in [0.3, 0.4) is 0 Å². The first-order chi connectivity index (χ1) is 10.2. The maximum absolute atomic E-state index is 11.3. The second-order valence-electron chi connectivity index (χ2n) is 4.59. The van der Waals surface area contributed by atoms with Crippen LogP contribution in [0.2, 0.25) is 0 Å². The van der Waals surface area contributed by atoms with Crippen molar-refractivity contribution in [2.45, 2.75) is 13.0 Å². The van der Waals surface area contributed by atoms with Crippen LogP contribution >= 0.6 is 11.3 Å². The molecule has 0 saturated carbocycles. The van der Waals surface area contributed by atoms with E-state index in [0.717, 1.165) is 6.42 Å². The molecule has 0 saturated heterocycles. The third kappa shape index (κ3) is 2.57. The van der Waals surface area contributed by atoms with Gasteiger partial charge in [-0.15, -0.1) is 5.10 Å². The molecule has 0 radical (unpaired) electrons. The molecule has 3 aromatic heterocycles. The summed E-state index contributed by atoms with van der Waals surface area (Å²) in [6.07, 6.45) is 4.01. The second-order valence-corrected chi connectivity index (χ2v) is 5.37. The summed E-state index contributed by atoms with van der Waals surface area (Å²) in [6.45, 7) is 0.567. The minimum Gasteiger partial charge on any atom is -0.476 e. The van der Waals surface area contributed by atoms with E-state index in [0.29, 0.717) is 17.9 Å². The Morgan fingerprint density at radius 3 is 2.95 bits per heavy atom. The van der Waals surface area contributed by atoms with E-state index in [-0.39, 0.29) is 5.69 Å². The number of thiophene rings is 1. The Labute approximate surface area is 124 Å². The van der Waals surface area contributed by atoms with Crippen LogP contribution in [-0.2, 0) is 20.0 Å². The number of nitrogens with zero attached hydrogens (tertiary/aromatic N) is 5. The van der Waals surface area contributed by atoms with Crippen molar-refractivity contribution in [2.75, 3.05) is 0 Å². The molecule has 3 heterocycles. The van der Waals surface area contributed by atoms with Gasteiger partial charge in [0.15, 0.2) is 5.69 Å². The highest BCUT2D eigenvalue weighted by Crippen LogP contribution is 2.22. The van der Waals surface area contributed by atoms with E-state index in [1.54, 1.807) is 33.1 Å². The normalized spacial score (nSPS) is 10.9. The molecule has 7 nitrogen and oxygen atoms in total. The first-order valence-electron chi connectivity index (χ1n) is 6.31. The molecule has 0 fully saturated rings. The van der Waals surface area contributed by atoms with E-state index in [1.165, 1.54) is 5.56 Å². The number of hydrogen-bond donors (Lipinski definition) is 1. The Morgan fingerprint density at radius 1 is 1.48 bits per heavy atom. The smallest absolute Gasteiger partial charge is 0.358 e. The van der Waals surface area contributed by atoms with E-state index >= 15 is 0 Å². The fourth-order valence-electron chi connectivity index (χ4n) is 2.12. The molecule has 0 aliphatic rings. The van der Waals surface area contributed by atoms with Gasteiger partial charge >= 0.3 is 5.97 Å². The maximum Gasteiger partial charge on any atom is 0.358 e. The molecule has 0 atom stereocenters. The van der Waals surface area contributed by atoms with Crippen molar-refractivity contribution in [1.29, 1.82) is 0 Å². The lowest BCUT2D eigenvalue weighted by molar-refractivity contribution is 0.0691. The average Bonchev–Trinajstić information content (AvgIpc) is 3.15. The van der Waals surface area contributed by atoms with Crippen molar-refractivity contribution in [3.8, 4) is 11.4 Å². The molecule has 108 valence electrons. The minimum absolute atomic E-state index is 0.0519. The number of hydrogen-bond acceptors (Lipinski definition) is 5. The van der Waals surface area contributed by atoms with Gasteiger partial charge < -0.3 is 9.67 Å². The van der Waals surface area contributed by atoms with Gasteiger partial charge in [0, 0.05) is 13.6 Å². The van der Waals surface area contributed by atoms with E-state index < -0.39 is 5.97 Å².